The third kappa shape index (κ3) is 14.4. The summed E-state index contributed by atoms with van der Waals surface area (Å²) >= 11 is 0. The largest absolute Gasteiger partial charge is 0.334 e. The summed E-state index contributed by atoms with van der Waals surface area (Å²) < 4.78 is 18.4. The third-order valence-corrected chi connectivity index (χ3v) is 1.87. The van der Waals surface area contributed by atoms with Crippen LogP contribution in [0.25, 0.3) is 0 Å². The first kappa shape index (κ1) is 20.8. The number of hydrogen-bond donors (Lipinski definition) is 2. The molecule has 0 unspecified atom stereocenters. The molecule has 1 radical (unpaired) electrons. The van der Waals surface area contributed by atoms with Gasteiger partial charge in [-0.3, -0.25) is 9.05 Å². The monoisotopic (exact) mass is 477 g/mol. The molecule has 6 nitrogen and oxygen atoms in total. The smallest absolute Gasteiger partial charge is 0.328 e. The van der Waals surface area contributed by atoms with E-state index in [1.165, 1.54) is 14.2 Å². The minimum atomic E-state index is -2.37. The van der Waals surface area contributed by atoms with Crippen molar-refractivity contribution in [2.45, 2.75) is 0 Å². The van der Waals surface area contributed by atoms with Gasteiger partial charge in [-0.2, -0.15) is 0 Å². The fourth-order valence-electron chi connectivity index (χ4n) is 0.294. The average Bonchev–Trinajstić information content (AvgIpc) is 1.98. The molecule has 0 amide bonds. The second-order valence-electron chi connectivity index (χ2n) is 1.22. The molecule has 0 rings (SSSR count). The summed E-state index contributed by atoms with van der Waals surface area (Å²) in [4.78, 5) is 16.5. The van der Waals surface area contributed by atoms with Crippen LogP contribution >= 0.6 is 17.2 Å². The molecule has 13 heavy (non-hydrogen) atoms. The fraction of sp³-hybridized carbons (Fsp3) is 1.00. The van der Waals surface area contributed by atoms with Gasteiger partial charge >= 0.3 is 17.2 Å². The van der Waals surface area contributed by atoms with E-state index in [0.29, 0.717) is 0 Å². The van der Waals surface area contributed by atoms with Crippen molar-refractivity contribution in [3.63, 3.8) is 0 Å². The van der Waals surface area contributed by atoms with Gasteiger partial charge in [0.15, 0.2) is 6.79 Å². The Balaban J connectivity index is -0.000000500. The fourth-order valence-corrected chi connectivity index (χ4v) is 1.02. The molecule has 10 heteroatoms. The normalized spacial score (nSPS) is 9.69. The standard InChI is InChI=1S/C3H10O6P2.W.Y/c1-6-11(7-2)9-3-8-10(4)5;;/h4-5H,3H2,1-2H3;;. The molecular formula is C3H10O6P2WY. The van der Waals surface area contributed by atoms with Gasteiger partial charge in [0, 0.05) is 68.0 Å². The summed E-state index contributed by atoms with van der Waals surface area (Å²) in [7, 11) is -0.965. The minimum Gasteiger partial charge on any atom is -0.328 e. The maximum Gasteiger partial charge on any atom is 0.334 e. The molecule has 0 saturated heterocycles. The zero-order chi connectivity index (χ0) is 8.69. The minimum absolute atomic E-state index is 0. The van der Waals surface area contributed by atoms with Gasteiger partial charge in [-0.05, 0) is 0 Å². The second kappa shape index (κ2) is 14.4. The van der Waals surface area contributed by atoms with Crippen molar-refractivity contribution < 1.29 is 81.7 Å². The van der Waals surface area contributed by atoms with E-state index in [-0.39, 0.29) is 60.6 Å². The molecule has 0 aliphatic carbocycles. The molecule has 0 heterocycles. The molecular weight excluding hydrogens is 467 g/mol. The van der Waals surface area contributed by atoms with E-state index in [1.807, 2.05) is 0 Å². The molecule has 0 fully saturated rings. The molecule has 0 aliphatic rings. The summed E-state index contributed by atoms with van der Waals surface area (Å²) in [6, 6.07) is 0. The van der Waals surface area contributed by atoms with E-state index >= 15 is 0 Å². The van der Waals surface area contributed by atoms with Crippen LogP contribution in [0.3, 0.4) is 0 Å². The second-order valence-corrected chi connectivity index (χ2v) is 3.42. The average molecular weight is 477 g/mol. The Bertz CT molecular complexity index is 95.9. The Labute approximate surface area is 119 Å². The van der Waals surface area contributed by atoms with E-state index < -0.39 is 17.2 Å². The summed E-state index contributed by atoms with van der Waals surface area (Å²) in [5, 5.41) is 0. The van der Waals surface area contributed by atoms with Crippen molar-refractivity contribution in [1.82, 2.24) is 0 Å². The molecule has 0 aromatic carbocycles. The molecule has 0 aromatic rings. The molecule has 0 bridgehead atoms. The van der Waals surface area contributed by atoms with Crippen molar-refractivity contribution in [3.8, 4) is 0 Å². The van der Waals surface area contributed by atoms with Gasteiger partial charge in [-0.1, -0.05) is 0 Å². The van der Waals surface area contributed by atoms with Crippen LogP contribution < -0.4 is 0 Å². The topological polar surface area (TPSA) is 77.4 Å². The Morgan fingerprint density at radius 1 is 1.08 bits per heavy atom. The quantitative estimate of drug-likeness (QED) is 0.434. The zero-order valence-corrected chi connectivity index (χ0v) is 14.7. The van der Waals surface area contributed by atoms with Gasteiger partial charge in [-0.25, -0.2) is 0 Å². The van der Waals surface area contributed by atoms with Crippen LogP contribution in [0.15, 0.2) is 0 Å². The van der Waals surface area contributed by atoms with Crippen molar-refractivity contribution in [1.29, 1.82) is 0 Å². The molecule has 2 N–H and O–H groups in total. The maximum atomic E-state index is 8.25. The summed E-state index contributed by atoms with van der Waals surface area (Å²) in [5.74, 6) is 0. The van der Waals surface area contributed by atoms with E-state index in [9.17, 15) is 0 Å². The third-order valence-electron chi connectivity index (χ3n) is 0.624. The Morgan fingerprint density at radius 3 is 1.85 bits per heavy atom. The Hall–Kier alpha value is 2.41. The molecule has 0 spiro atoms. The van der Waals surface area contributed by atoms with Crippen LogP contribution in [-0.2, 0) is 71.9 Å². The van der Waals surface area contributed by atoms with Gasteiger partial charge in [-0.15, -0.1) is 0 Å². The van der Waals surface area contributed by atoms with E-state index in [0.717, 1.165) is 0 Å². The van der Waals surface area contributed by atoms with Crippen molar-refractivity contribution in [3.05, 3.63) is 0 Å². The number of rotatable bonds is 6. The molecule has 0 aromatic heterocycles. The van der Waals surface area contributed by atoms with Crippen LogP contribution in [0, 0.1) is 0 Å². The summed E-state index contributed by atoms with van der Waals surface area (Å²) in [6.45, 7) is -0.258. The van der Waals surface area contributed by atoms with E-state index in [4.69, 9.17) is 14.3 Å². The van der Waals surface area contributed by atoms with Crippen molar-refractivity contribution >= 4 is 17.2 Å². The van der Waals surface area contributed by atoms with Gasteiger partial charge < -0.3 is 18.8 Å². The predicted octanol–water partition coefficient (Wildman–Crippen LogP) is 0.703. The van der Waals surface area contributed by atoms with Crippen molar-refractivity contribution in [2.75, 3.05) is 21.0 Å². The van der Waals surface area contributed by atoms with Gasteiger partial charge in [0.1, 0.15) is 0 Å². The van der Waals surface area contributed by atoms with Gasteiger partial charge in [0.05, 0.1) is 0 Å². The molecule has 0 atom stereocenters. The first-order chi connectivity index (χ1) is 5.20. The summed E-state index contributed by atoms with van der Waals surface area (Å²) in [6.07, 6.45) is 0. The van der Waals surface area contributed by atoms with Gasteiger partial charge in [0.2, 0.25) is 0 Å². The van der Waals surface area contributed by atoms with Crippen LogP contribution in [0.1, 0.15) is 0 Å². The molecule has 0 saturated carbocycles. The van der Waals surface area contributed by atoms with Crippen molar-refractivity contribution in [2.24, 2.45) is 0 Å². The zero-order valence-electron chi connectivity index (χ0n) is 7.11. The first-order valence-electron chi connectivity index (χ1n) is 2.52. The molecule has 0 aliphatic heterocycles. The summed E-state index contributed by atoms with van der Waals surface area (Å²) in [5.41, 5.74) is 0. The van der Waals surface area contributed by atoms with Crippen LogP contribution in [0.4, 0.5) is 0 Å². The molecule has 77 valence electrons. The van der Waals surface area contributed by atoms with Gasteiger partial charge in [0.25, 0.3) is 0 Å². The van der Waals surface area contributed by atoms with E-state index in [1.54, 1.807) is 0 Å². The maximum absolute atomic E-state index is 8.25. The SMILES string of the molecule is COP(OC)OCOP(O)O.[W].[Y]. The number of hydrogen-bond acceptors (Lipinski definition) is 6. The first-order valence-corrected chi connectivity index (χ1v) is 4.78. The Morgan fingerprint density at radius 2 is 1.54 bits per heavy atom. The van der Waals surface area contributed by atoms with E-state index in [2.05, 4.69) is 13.6 Å². The predicted molar refractivity (Wildman–Crippen MR) is 39.3 cm³/mol. The Kier molecular flexibility index (Phi) is 23.0. The van der Waals surface area contributed by atoms with Crippen LogP contribution in [-0.4, -0.2) is 30.8 Å². The van der Waals surface area contributed by atoms with Crippen LogP contribution in [0.2, 0.25) is 0 Å². The van der Waals surface area contributed by atoms with Crippen LogP contribution in [0.5, 0.6) is 0 Å².